The summed E-state index contributed by atoms with van der Waals surface area (Å²) in [5.74, 6) is -2.16. The molecule has 0 bridgehead atoms. The molecule has 0 aromatic heterocycles. The molecule has 1 aliphatic heterocycles. The van der Waals surface area contributed by atoms with Crippen molar-refractivity contribution in [3.05, 3.63) is 52.6 Å². The van der Waals surface area contributed by atoms with E-state index in [0.717, 1.165) is 24.5 Å². The Morgan fingerprint density at radius 2 is 1.80 bits per heavy atom. The van der Waals surface area contributed by atoms with Gasteiger partial charge in [0.05, 0.1) is 12.2 Å². The van der Waals surface area contributed by atoms with Gasteiger partial charge < -0.3 is 24.1 Å². The minimum absolute atomic E-state index is 0.0183. The van der Waals surface area contributed by atoms with Crippen LogP contribution in [0.3, 0.4) is 0 Å². The highest BCUT2D eigenvalue weighted by molar-refractivity contribution is 6.48. The molecule has 1 aliphatic carbocycles. The fourth-order valence-corrected chi connectivity index (χ4v) is 5.22. The van der Waals surface area contributed by atoms with Gasteiger partial charge in [-0.15, -0.1) is 0 Å². The van der Waals surface area contributed by atoms with Crippen LogP contribution in [0.2, 0.25) is 0 Å². The van der Waals surface area contributed by atoms with Gasteiger partial charge >= 0.3 is 13.5 Å². The Morgan fingerprint density at radius 3 is 2.41 bits per heavy atom. The minimum Gasteiger partial charge on any atom is -0.491 e. The number of carbonyl (C=O) groups is 2. The van der Waals surface area contributed by atoms with Crippen LogP contribution in [-0.4, -0.2) is 48.8 Å². The van der Waals surface area contributed by atoms with Crippen LogP contribution in [0.5, 0.6) is 5.75 Å². The maximum Gasteiger partial charge on any atom is 0.331 e. The molecule has 10 heteroatoms. The number of nitrogens with zero attached hydrogens (tertiary/aromatic N) is 1. The number of fused-ring (bicyclic) bond motifs is 1. The van der Waals surface area contributed by atoms with Crippen LogP contribution in [0.15, 0.2) is 24.3 Å². The molecule has 221 valence electrons. The number of halogens is 2. The first-order valence-corrected chi connectivity index (χ1v) is 14.0. The zero-order chi connectivity index (χ0) is 30.3. The second-order valence-corrected chi connectivity index (χ2v) is 13.0. The Morgan fingerprint density at radius 1 is 1.12 bits per heavy atom. The van der Waals surface area contributed by atoms with Gasteiger partial charge in [0.2, 0.25) is 0 Å². The lowest BCUT2D eigenvalue weighted by molar-refractivity contribution is -0.142. The average Bonchev–Trinajstić information content (AvgIpc) is 3.68. The standard InChI is InChI=1S/C31H39BF2NO6/c1-18(36)40-16-22-23(32-41-30(5,6)31(7,38)17-29(2,3)4)14-21(33)15-25(22)35-10-11-39-26-13-20(19-8-9-19)12-24(34)27(26)28(35)37/h12-15,19,38H,8-11,16-17H2,1-7H3/p+1. The Labute approximate surface area is 241 Å². The summed E-state index contributed by atoms with van der Waals surface area (Å²) < 4.78 is 47.7. The highest BCUT2D eigenvalue weighted by Gasteiger charge is 2.47. The first-order chi connectivity index (χ1) is 19.0. The van der Waals surface area contributed by atoms with Gasteiger partial charge in [-0.1, -0.05) is 20.8 Å². The molecule has 2 aliphatic rings. The number of amides is 1. The van der Waals surface area contributed by atoms with E-state index in [9.17, 15) is 9.59 Å². The highest BCUT2D eigenvalue weighted by Crippen LogP contribution is 2.43. The predicted molar refractivity (Wildman–Crippen MR) is 154 cm³/mol. The van der Waals surface area contributed by atoms with Crippen LogP contribution in [0.4, 0.5) is 14.5 Å². The first-order valence-electron chi connectivity index (χ1n) is 14.0. The molecule has 2 aromatic rings. The molecule has 1 unspecified atom stereocenters. The Hall–Kier alpha value is -2.98. The molecule has 4 rings (SSSR count). The number of hydrogen-bond acceptors (Lipinski definition) is 5. The third-order valence-electron chi connectivity index (χ3n) is 7.79. The van der Waals surface area contributed by atoms with Crippen LogP contribution in [0.1, 0.15) is 95.1 Å². The van der Waals surface area contributed by atoms with Crippen LogP contribution < -0.4 is 15.1 Å². The zero-order valence-electron chi connectivity index (χ0n) is 25.0. The third-order valence-corrected chi connectivity index (χ3v) is 7.79. The summed E-state index contributed by atoms with van der Waals surface area (Å²) in [6, 6.07) is 5.47. The molecule has 1 radical (unpaired) electrons. The summed E-state index contributed by atoms with van der Waals surface area (Å²) >= 11 is 0. The normalized spacial score (nSPS) is 17.3. The van der Waals surface area contributed by atoms with Gasteiger partial charge in [-0.2, -0.15) is 0 Å². The van der Waals surface area contributed by atoms with Crippen molar-refractivity contribution in [2.75, 3.05) is 18.1 Å². The largest absolute Gasteiger partial charge is 0.491 e. The maximum absolute atomic E-state index is 15.3. The van der Waals surface area contributed by atoms with Crippen molar-refractivity contribution in [2.45, 2.75) is 91.5 Å². The number of esters is 1. The molecule has 0 saturated heterocycles. The quantitative estimate of drug-likeness (QED) is 0.243. The lowest BCUT2D eigenvalue weighted by atomic mass is 9.73. The van der Waals surface area contributed by atoms with Crippen molar-refractivity contribution < 1.29 is 37.6 Å². The molecule has 2 N–H and O–H groups in total. The van der Waals surface area contributed by atoms with Crippen LogP contribution in [0, 0.1) is 17.0 Å². The van der Waals surface area contributed by atoms with Crippen molar-refractivity contribution in [3.63, 3.8) is 0 Å². The van der Waals surface area contributed by atoms with E-state index >= 15 is 8.78 Å². The van der Waals surface area contributed by atoms with E-state index in [0.29, 0.717) is 12.0 Å². The summed E-state index contributed by atoms with van der Waals surface area (Å²) in [5.41, 5.74) is -0.877. The second kappa shape index (κ2) is 11.4. The van der Waals surface area contributed by atoms with Crippen LogP contribution >= 0.6 is 0 Å². The fraction of sp³-hybridized carbons (Fsp3) is 0.548. The van der Waals surface area contributed by atoms with Gasteiger partial charge in [-0.25, -0.2) is 8.78 Å². The monoisotopic (exact) mass is 571 g/mol. The van der Waals surface area contributed by atoms with E-state index in [-0.39, 0.29) is 53.6 Å². The molecular weight excluding hydrogens is 531 g/mol. The molecule has 0 spiro atoms. The minimum atomic E-state index is -1.01. The van der Waals surface area contributed by atoms with Crippen molar-refractivity contribution >= 4 is 30.5 Å². The summed E-state index contributed by atoms with van der Waals surface area (Å²) in [7, 11) is 1.34. The van der Waals surface area contributed by atoms with Crippen molar-refractivity contribution in [3.8, 4) is 5.75 Å². The van der Waals surface area contributed by atoms with Crippen LogP contribution in [-0.2, 0) is 20.8 Å². The number of anilines is 1. The average molecular weight is 571 g/mol. The van der Waals surface area contributed by atoms with Gasteiger partial charge in [0, 0.05) is 25.8 Å². The maximum atomic E-state index is 15.3. The van der Waals surface area contributed by atoms with Crippen molar-refractivity contribution in [1.82, 2.24) is 0 Å². The van der Waals surface area contributed by atoms with Crippen molar-refractivity contribution in [2.24, 2.45) is 5.41 Å². The SMILES string of the molecule is CC(=O)OCc1c([B]OC(C)(C)C(C)([OH2+])CC(C)(C)C)cc(F)cc1N1CCOc2cc(C3CC3)cc(F)c2C1=O. The second-order valence-electron chi connectivity index (χ2n) is 13.0. The van der Waals surface area contributed by atoms with Gasteiger partial charge in [0.25, 0.3) is 5.91 Å². The lowest BCUT2D eigenvalue weighted by Crippen LogP contribution is -2.53. The summed E-state index contributed by atoms with van der Waals surface area (Å²) in [4.78, 5) is 26.8. The Balaban J connectivity index is 1.71. The highest BCUT2D eigenvalue weighted by atomic mass is 19.1. The van der Waals surface area contributed by atoms with E-state index < -0.39 is 34.7 Å². The number of benzene rings is 2. The third kappa shape index (κ3) is 7.09. The number of hydrogen-bond donors (Lipinski definition) is 0. The zero-order valence-corrected chi connectivity index (χ0v) is 25.0. The number of carbonyl (C=O) groups excluding carboxylic acids is 2. The molecular formula is C31H40BF2NO6+. The molecule has 1 heterocycles. The molecule has 1 saturated carbocycles. The molecule has 7 nitrogen and oxygen atoms in total. The number of ether oxygens (including phenoxy) is 2. The molecule has 1 amide bonds. The predicted octanol–water partition coefficient (Wildman–Crippen LogP) is 4.90. The van der Waals surface area contributed by atoms with Crippen molar-refractivity contribution in [1.29, 1.82) is 0 Å². The summed E-state index contributed by atoms with van der Waals surface area (Å²) in [6.07, 6.45) is 2.47. The molecule has 41 heavy (non-hydrogen) atoms. The van der Waals surface area contributed by atoms with Gasteiger partial charge in [0.15, 0.2) is 5.60 Å². The molecule has 2 aromatic carbocycles. The summed E-state index contributed by atoms with van der Waals surface area (Å²) in [5, 5.41) is 8.98. The number of rotatable bonds is 9. The van der Waals surface area contributed by atoms with E-state index in [1.165, 1.54) is 31.4 Å². The van der Waals surface area contributed by atoms with Crippen LogP contribution in [0.25, 0.3) is 0 Å². The van der Waals surface area contributed by atoms with E-state index in [2.05, 4.69) is 0 Å². The van der Waals surface area contributed by atoms with E-state index in [1.807, 2.05) is 20.8 Å². The molecule has 1 fully saturated rings. The van der Waals surface area contributed by atoms with E-state index in [4.69, 9.17) is 19.2 Å². The first kappa shape index (κ1) is 31.0. The fourth-order valence-electron chi connectivity index (χ4n) is 5.22. The van der Waals surface area contributed by atoms with E-state index in [1.54, 1.807) is 26.8 Å². The molecule has 1 atom stereocenters. The Kier molecular flexibility index (Phi) is 8.58. The summed E-state index contributed by atoms with van der Waals surface area (Å²) in [6.45, 7) is 12.6. The smallest absolute Gasteiger partial charge is 0.331 e. The topological polar surface area (TPSA) is 88.0 Å². The lowest BCUT2D eigenvalue weighted by Gasteiger charge is -2.40. The van der Waals surface area contributed by atoms with Gasteiger partial charge in [0.1, 0.15) is 41.8 Å². The van der Waals surface area contributed by atoms with Gasteiger partial charge in [-0.3, -0.25) is 9.59 Å². The Bertz CT molecular complexity index is 1330. The van der Waals surface area contributed by atoms with Gasteiger partial charge in [-0.05, 0) is 73.3 Å².